The van der Waals surface area contributed by atoms with Crippen LogP contribution in [0.3, 0.4) is 0 Å². The van der Waals surface area contributed by atoms with Crippen LogP contribution in [0.1, 0.15) is 33.0 Å². The minimum absolute atomic E-state index is 0.0450. The molecule has 1 fully saturated rings. The number of ether oxygens (including phenoxy) is 1. The van der Waals surface area contributed by atoms with Gasteiger partial charge in [-0.2, -0.15) is 9.90 Å². The molecule has 1 aromatic carbocycles. The Morgan fingerprint density at radius 1 is 1.13 bits per heavy atom. The third kappa shape index (κ3) is 3.61. The van der Waals surface area contributed by atoms with Crippen molar-refractivity contribution in [3.63, 3.8) is 0 Å². The SMILES string of the molecule is COc1c(C(=O)N2CCCN2C(=O)c2nn(-c3ccccc3)nc2C)csc1[N+](=O)[O-]. The average Bonchev–Trinajstić information content (AvgIpc) is 3.51. The Hall–Kier alpha value is -3.80. The fourth-order valence-electron chi connectivity index (χ4n) is 3.36. The van der Waals surface area contributed by atoms with Crippen LogP contribution in [0, 0.1) is 17.0 Å². The summed E-state index contributed by atoms with van der Waals surface area (Å²) in [6.45, 7) is 2.28. The van der Waals surface area contributed by atoms with Crippen molar-refractivity contribution in [1.82, 2.24) is 25.0 Å². The van der Waals surface area contributed by atoms with Gasteiger partial charge in [0.05, 0.1) is 23.4 Å². The summed E-state index contributed by atoms with van der Waals surface area (Å²) in [5.41, 5.74) is 1.31. The first-order chi connectivity index (χ1) is 14.9. The Kier molecular flexibility index (Phi) is 5.38. The molecule has 3 aromatic rings. The zero-order valence-electron chi connectivity index (χ0n) is 16.7. The molecule has 12 heteroatoms. The van der Waals surface area contributed by atoms with Gasteiger partial charge in [-0.1, -0.05) is 29.5 Å². The number of benzene rings is 1. The van der Waals surface area contributed by atoms with Gasteiger partial charge in [-0.15, -0.1) is 5.10 Å². The van der Waals surface area contributed by atoms with Gasteiger partial charge in [-0.25, -0.2) is 10.0 Å². The number of hydrazine groups is 1. The van der Waals surface area contributed by atoms with E-state index in [1.54, 1.807) is 6.92 Å². The molecule has 1 saturated heterocycles. The number of amides is 2. The molecular formula is C19H18N6O5S. The van der Waals surface area contributed by atoms with Crippen LogP contribution >= 0.6 is 11.3 Å². The highest BCUT2D eigenvalue weighted by atomic mass is 32.1. The fraction of sp³-hybridized carbons (Fsp3) is 0.263. The molecule has 11 nitrogen and oxygen atoms in total. The summed E-state index contributed by atoms with van der Waals surface area (Å²) < 4.78 is 5.10. The molecule has 0 spiro atoms. The Bertz CT molecular complexity index is 1160. The van der Waals surface area contributed by atoms with Crippen LogP contribution in [0.2, 0.25) is 0 Å². The third-order valence-corrected chi connectivity index (χ3v) is 5.71. The van der Waals surface area contributed by atoms with Gasteiger partial charge in [0, 0.05) is 18.5 Å². The van der Waals surface area contributed by atoms with Crippen molar-refractivity contribution in [1.29, 1.82) is 0 Å². The quantitative estimate of drug-likeness (QED) is 0.439. The van der Waals surface area contributed by atoms with Gasteiger partial charge in [-0.05, 0) is 25.5 Å². The molecule has 2 aromatic heterocycles. The van der Waals surface area contributed by atoms with Crippen molar-refractivity contribution in [2.24, 2.45) is 0 Å². The van der Waals surface area contributed by atoms with E-state index in [-0.39, 0.29) is 22.0 Å². The molecule has 0 saturated carbocycles. The predicted molar refractivity (Wildman–Crippen MR) is 110 cm³/mol. The molecule has 160 valence electrons. The Labute approximate surface area is 180 Å². The van der Waals surface area contributed by atoms with E-state index in [9.17, 15) is 19.7 Å². The maximum atomic E-state index is 13.2. The predicted octanol–water partition coefficient (Wildman–Crippen LogP) is 2.46. The van der Waals surface area contributed by atoms with Crippen molar-refractivity contribution >= 4 is 28.2 Å². The number of carbonyl (C=O) groups is 2. The summed E-state index contributed by atoms with van der Waals surface area (Å²) in [5, 5.41) is 23.5. The van der Waals surface area contributed by atoms with Crippen LogP contribution in [-0.2, 0) is 0 Å². The van der Waals surface area contributed by atoms with Gasteiger partial charge in [0.2, 0.25) is 5.75 Å². The molecule has 4 rings (SSSR count). The van der Waals surface area contributed by atoms with Crippen molar-refractivity contribution in [2.45, 2.75) is 13.3 Å². The number of hydrogen-bond donors (Lipinski definition) is 0. The van der Waals surface area contributed by atoms with Crippen molar-refractivity contribution < 1.29 is 19.2 Å². The lowest BCUT2D eigenvalue weighted by Gasteiger charge is -2.27. The first kappa shape index (κ1) is 20.5. The molecule has 0 unspecified atom stereocenters. The summed E-state index contributed by atoms with van der Waals surface area (Å²) in [6.07, 6.45) is 0.567. The average molecular weight is 442 g/mol. The van der Waals surface area contributed by atoms with Gasteiger partial charge >= 0.3 is 5.00 Å². The van der Waals surface area contributed by atoms with E-state index in [0.29, 0.717) is 30.9 Å². The number of para-hydroxylation sites is 1. The topological polar surface area (TPSA) is 124 Å². The summed E-state index contributed by atoms with van der Waals surface area (Å²) in [7, 11) is 1.27. The number of aromatic nitrogens is 3. The van der Waals surface area contributed by atoms with Gasteiger partial charge in [0.25, 0.3) is 11.8 Å². The minimum atomic E-state index is -0.599. The van der Waals surface area contributed by atoms with E-state index in [1.807, 2.05) is 30.3 Å². The molecule has 0 N–H and O–H groups in total. The number of hydrogen-bond acceptors (Lipinski definition) is 8. The zero-order valence-corrected chi connectivity index (χ0v) is 17.5. The third-order valence-electron chi connectivity index (χ3n) is 4.80. The Morgan fingerprint density at radius 2 is 1.81 bits per heavy atom. The standard InChI is InChI=1S/C19H18N6O5S/c1-12-15(21-24(20-12)13-7-4-3-5-8-13)18(27)23-10-6-9-22(23)17(26)14-11-31-19(25(28)29)16(14)30-2/h3-5,7-8,11H,6,9-10H2,1-2H3. The van der Waals surface area contributed by atoms with Crippen LogP contribution in [0.4, 0.5) is 5.00 Å². The molecule has 0 atom stereocenters. The number of rotatable bonds is 5. The summed E-state index contributed by atoms with van der Waals surface area (Å²) >= 11 is 0.805. The highest BCUT2D eigenvalue weighted by Gasteiger charge is 2.37. The number of aryl methyl sites for hydroxylation is 1. The van der Waals surface area contributed by atoms with Crippen LogP contribution < -0.4 is 4.74 Å². The molecule has 0 radical (unpaired) electrons. The molecule has 31 heavy (non-hydrogen) atoms. The molecule has 1 aliphatic rings. The molecular weight excluding hydrogens is 424 g/mol. The van der Waals surface area contributed by atoms with E-state index in [0.717, 1.165) is 11.3 Å². The number of thiophene rings is 1. The molecule has 3 heterocycles. The second-order valence-electron chi connectivity index (χ2n) is 6.71. The number of nitrogens with zero attached hydrogens (tertiary/aromatic N) is 6. The lowest BCUT2D eigenvalue weighted by atomic mass is 10.2. The van der Waals surface area contributed by atoms with Gasteiger partial charge < -0.3 is 4.74 Å². The first-order valence-electron chi connectivity index (χ1n) is 9.35. The van der Waals surface area contributed by atoms with Gasteiger partial charge in [0.15, 0.2) is 5.69 Å². The number of nitro groups is 1. The maximum absolute atomic E-state index is 13.2. The largest absolute Gasteiger partial charge is 0.489 e. The van der Waals surface area contributed by atoms with Crippen molar-refractivity contribution in [3.8, 4) is 11.4 Å². The molecule has 1 aliphatic heterocycles. The second-order valence-corrected chi connectivity index (χ2v) is 7.57. The smallest absolute Gasteiger partial charge is 0.366 e. The Morgan fingerprint density at radius 3 is 2.45 bits per heavy atom. The normalized spacial score (nSPS) is 13.5. The summed E-state index contributed by atoms with van der Waals surface area (Å²) in [4.78, 5) is 38.3. The number of methoxy groups -OCH3 is 1. The molecule has 0 aliphatic carbocycles. The van der Waals surface area contributed by atoms with Gasteiger partial charge in [0.1, 0.15) is 5.56 Å². The van der Waals surface area contributed by atoms with Crippen LogP contribution in [0.5, 0.6) is 5.75 Å². The lowest BCUT2D eigenvalue weighted by molar-refractivity contribution is -0.381. The van der Waals surface area contributed by atoms with E-state index in [1.165, 1.54) is 27.3 Å². The van der Waals surface area contributed by atoms with Gasteiger partial charge in [-0.3, -0.25) is 19.7 Å². The monoisotopic (exact) mass is 442 g/mol. The summed E-state index contributed by atoms with van der Waals surface area (Å²) in [6, 6.07) is 9.17. The van der Waals surface area contributed by atoms with E-state index in [4.69, 9.17) is 4.74 Å². The second kappa shape index (κ2) is 8.14. The lowest BCUT2D eigenvalue weighted by Crippen LogP contribution is -2.45. The highest BCUT2D eigenvalue weighted by molar-refractivity contribution is 7.14. The molecule has 2 amide bonds. The number of carbonyl (C=O) groups excluding carboxylic acids is 2. The van der Waals surface area contributed by atoms with E-state index < -0.39 is 16.7 Å². The first-order valence-corrected chi connectivity index (χ1v) is 10.2. The van der Waals surface area contributed by atoms with Crippen molar-refractivity contribution in [3.05, 3.63) is 62.8 Å². The van der Waals surface area contributed by atoms with Crippen molar-refractivity contribution in [2.75, 3.05) is 20.2 Å². The maximum Gasteiger partial charge on any atom is 0.366 e. The van der Waals surface area contributed by atoms with Crippen LogP contribution in [0.15, 0.2) is 35.7 Å². The molecule has 0 bridgehead atoms. The van der Waals surface area contributed by atoms with E-state index in [2.05, 4.69) is 10.2 Å². The zero-order chi connectivity index (χ0) is 22.1. The van der Waals surface area contributed by atoms with Crippen LogP contribution in [-0.4, -0.2) is 61.9 Å². The minimum Gasteiger partial charge on any atom is -0.489 e. The van der Waals surface area contributed by atoms with E-state index >= 15 is 0 Å². The fourth-order valence-corrected chi connectivity index (χ4v) is 4.18. The highest BCUT2D eigenvalue weighted by Crippen LogP contribution is 2.38. The Balaban J connectivity index is 1.62. The van der Waals surface area contributed by atoms with Crippen LogP contribution in [0.25, 0.3) is 5.69 Å². The summed E-state index contributed by atoms with van der Waals surface area (Å²) in [5.74, 6) is -1.11.